The number of rotatable bonds is 5. The second-order valence-corrected chi connectivity index (χ2v) is 3.49. The van der Waals surface area contributed by atoms with E-state index >= 15 is 0 Å². The van der Waals surface area contributed by atoms with Crippen LogP contribution in [0, 0.1) is 5.82 Å². The molecule has 0 aliphatic heterocycles. The van der Waals surface area contributed by atoms with Gasteiger partial charge < -0.3 is 14.6 Å². The fourth-order valence-electron chi connectivity index (χ4n) is 1.30. The van der Waals surface area contributed by atoms with Crippen molar-refractivity contribution in [2.75, 3.05) is 13.7 Å². The molecular formula is C13H13FO5. The molecule has 0 aromatic heterocycles. The highest BCUT2D eigenvalue weighted by Gasteiger charge is 2.14. The van der Waals surface area contributed by atoms with E-state index in [0.29, 0.717) is 6.08 Å². The Bertz CT molecular complexity index is 522. The van der Waals surface area contributed by atoms with Crippen LogP contribution in [0.25, 0.3) is 5.76 Å². The van der Waals surface area contributed by atoms with Crippen LogP contribution in [0.2, 0.25) is 0 Å². The third-order valence-corrected chi connectivity index (χ3v) is 2.15. The molecule has 0 amide bonds. The molecule has 0 heterocycles. The molecule has 0 aliphatic carbocycles. The minimum atomic E-state index is -1.09. The molecule has 0 unspecified atom stereocenters. The number of ether oxygens (including phenoxy) is 2. The number of halogens is 1. The van der Waals surface area contributed by atoms with E-state index in [9.17, 15) is 19.1 Å². The maximum Gasteiger partial charge on any atom is 0.379 e. The number of carbonyl (C=O) groups excluding carboxylic acids is 2. The Kier molecular flexibility index (Phi) is 5.05. The molecule has 0 aliphatic rings. The third-order valence-electron chi connectivity index (χ3n) is 2.15. The average Bonchev–Trinajstić information content (AvgIpc) is 2.38. The van der Waals surface area contributed by atoms with Gasteiger partial charge in [-0.05, 0) is 19.1 Å². The lowest BCUT2D eigenvalue weighted by Crippen LogP contribution is -2.15. The molecule has 0 saturated carbocycles. The van der Waals surface area contributed by atoms with Crippen LogP contribution < -0.4 is 4.74 Å². The van der Waals surface area contributed by atoms with Crippen molar-refractivity contribution in [2.45, 2.75) is 6.92 Å². The standard InChI is InChI=1S/C13H13FO5/c1-3-19-13(17)12(16)7-11(15)8-4-9(14)6-10(5-8)18-2/h4-7,15H,3H2,1-2H3/b11-7-. The number of carbonyl (C=O) groups is 2. The second kappa shape index (κ2) is 6.53. The quantitative estimate of drug-likeness (QED) is 0.382. The lowest BCUT2D eigenvalue weighted by atomic mass is 10.1. The molecular weight excluding hydrogens is 255 g/mol. The van der Waals surface area contributed by atoms with Crippen molar-refractivity contribution in [3.8, 4) is 5.75 Å². The van der Waals surface area contributed by atoms with Gasteiger partial charge in [0.15, 0.2) is 0 Å². The Morgan fingerprint density at radius 2 is 2.05 bits per heavy atom. The van der Waals surface area contributed by atoms with E-state index in [1.807, 2.05) is 0 Å². The lowest BCUT2D eigenvalue weighted by Gasteiger charge is -2.04. The molecule has 0 radical (unpaired) electrons. The van der Waals surface area contributed by atoms with E-state index in [-0.39, 0.29) is 17.9 Å². The highest BCUT2D eigenvalue weighted by molar-refractivity contribution is 6.39. The topological polar surface area (TPSA) is 72.8 Å². The Morgan fingerprint density at radius 1 is 1.37 bits per heavy atom. The molecule has 0 atom stereocenters. The van der Waals surface area contributed by atoms with E-state index in [0.717, 1.165) is 12.1 Å². The monoisotopic (exact) mass is 268 g/mol. The Labute approximate surface area is 109 Å². The molecule has 5 nitrogen and oxygen atoms in total. The summed E-state index contributed by atoms with van der Waals surface area (Å²) in [4.78, 5) is 22.4. The average molecular weight is 268 g/mol. The van der Waals surface area contributed by atoms with Crippen molar-refractivity contribution in [1.82, 2.24) is 0 Å². The van der Waals surface area contributed by atoms with Crippen LogP contribution in [0.15, 0.2) is 24.3 Å². The van der Waals surface area contributed by atoms with E-state index < -0.39 is 23.3 Å². The maximum absolute atomic E-state index is 13.2. The summed E-state index contributed by atoms with van der Waals surface area (Å²) in [5, 5.41) is 9.66. The number of ketones is 1. The predicted molar refractivity (Wildman–Crippen MR) is 65.2 cm³/mol. The van der Waals surface area contributed by atoms with Gasteiger partial charge in [-0.3, -0.25) is 4.79 Å². The molecule has 102 valence electrons. The van der Waals surface area contributed by atoms with Gasteiger partial charge >= 0.3 is 5.97 Å². The van der Waals surface area contributed by atoms with Gasteiger partial charge in [0.2, 0.25) is 0 Å². The smallest absolute Gasteiger partial charge is 0.379 e. The van der Waals surface area contributed by atoms with Gasteiger partial charge in [-0.25, -0.2) is 9.18 Å². The summed E-state index contributed by atoms with van der Waals surface area (Å²) in [5.74, 6) is -3.12. The zero-order valence-corrected chi connectivity index (χ0v) is 10.5. The van der Waals surface area contributed by atoms with Crippen molar-refractivity contribution in [2.24, 2.45) is 0 Å². The van der Waals surface area contributed by atoms with E-state index in [1.54, 1.807) is 6.92 Å². The molecule has 0 spiro atoms. The van der Waals surface area contributed by atoms with Crippen LogP contribution in [0.3, 0.4) is 0 Å². The fraction of sp³-hybridized carbons (Fsp3) is 0.231. The minimum absolute atomic E-state index is 0.0227. The summed E-state index contributed by atoms with van der Waals surface area (Å²) in [6, 6.07) is 3.45. The van der Waals surface area contributed by atoms with E-state index in [1.165, 1.54) is 13.2 Å². The van der Waals surface area contributed by atoms with Gasteiger partial charge in [0, 0.05) is 17.7 Å². The molecule has 19 heavy (non-hydrogen) atoms. The number of aliphatic hydroxyl groups excluding tert-OH is 1. The first kappa shape index (κ1) is 14.7. The maximum atomic E-state index is 13.2. The molecule has 0 fully saturated rings. The lowest BCUT2D eigenvalue weighted by molar-refractivity contribution is -0.151. The molecule has 0 saturated heterocycles. The van der Waals surface area contributed by atoms with Crippen molar-refractivity contribution in [3.63, 3.8) is 0 Å². The second-order valence-electron chi connectivity index (χ2n) is 3.49. The van der Waals surface area contributed by atoms with Crippen LogP contribution in [-0.2, 0) is 14.3 Å². The Balaban J connectivity index is 2.99. The van der Waals surface area contributed by atoms with Crippen LogP contribution in [0.5, 0.6) is 5.75 Å². The summed E-state index contributed by atoms with van der Waals surface area (Å²) in [5.41, 5.74) is 0.0227. The summed E-state index contributed by atoms with van der Waals surface area (Å²) in [6.45, 7) is 1.60. The summed E-state index contributed by atoms with van der Waals surface area (Å²) in [7, 11) is 1.34. The number of hydrogen-bond acceptors (Lipinski definition) is 5. The van der Waals surface area contributed by atoms with Gasteiger partial charge in [-0.2, -0.15) is 0 Å². The van der Waals surface area contributed by atoms with Gasteiger partial charge in [0.05, 0.1) is 13.7 Å². The van der Waals surface area contributed by atoms with Gasteiger partial charge in [0.1, 0.15) is 17.3 Å². The zero-order valence-electron chi connectivity index (χ0n) is 10.5. The molecule has 1 N–H and O–H groups in total. The van der Waals surface area contributed by atoms with Crippen LogP contribution >= 0.6 is 0 Å². The molecule has 1 aromatic rings. The number of hydrogen-bond donors (Lipinski definition) is 1. The van der Waals surface area contributed by atoms with Crippen molar-refractivity contribution < 1.29 is 28.6 Å². The van der Waals surface area contributed by atoms with E-state index in [2.05, 4.69) is 4.74 Å². The normalized spacial score (nSPS) is 11.0. The molecule has 6 heteroatoms. The first-order valence-corrected chi connectivity index (χ1v) is 5.44. The molecule has 0 bridgehead atoms. The number of benzene rings is 1. The predicted octanol–water partition coefficient (Wildman–Crippen LogP) is 1.87. The van der Waals surface area contributed by atoms with Crippen molar-refractivity contribution in [1.29, 1.82) is 0 Å². The summed E-state index contributed by atoms with van der Waals surface area (Å²) in [6.07, 6.45) is 0.673. The fourth-order valence-corrected chi connectivity index (χ4v) is 1.30. The largest absolute Gasteiger partial charge is 0.507 e. The van der Waals surface area contributed by atoms with Crippen molar-refractivity contribution >= 4 is 17.5 Å². The third kappa shape index (κ3) is 4.09. The van der Waals surface area contributed by atoms with Crippen LogP contribution in [-0.4, -0.2) is 30.6 Å². The minimum Gasteiger partial charge on any atom is -0.507 e. The summed E-state index contributed by atoms with van der Waals surface area (Å²) >= 11 is 0. The van der Waals surface area contributed by atoms with Crippen LogP contribution in [0.4, 0.5) is 4.39 Å². The molecule has 1 rings (SSSR count). The van der Waals surface area contributed by atoms with E-state index in [4.69, 9.17) is 4.74 Å². The van der Waals surface area contributed by atoms with Gasteiger partial charge in [-0.1, -0.05) is 0 Å². The Morgan fingerprint density at radius 3 is 2.63 bits per heavy atom. The van der Waals surface area contributed by atoms with Gasteiger partial charge in [0.25, 0.3) is 5.78 Å². The highest BCUT2D eigenvalue weighted by atomic mass is 19.1. The first-order valence-electron chi connectivity index (χ1n) is 5.44. The highest BCUT2D eigenvalue weighted by Crippen LogP contribution is 2.20. The Hall–Kier alpha value is -2.37. The zero-order chi connectivity index (χ0) is 14.4. The molecule has 1 aromatic carbocycles. The number of aliphatic hydroxyl groups is 1. The van der Waals surface area contributed by atoms with Crippen LogP contribution in [0.1, 0.15) is 12.5 Å². The number of esters is 1. The summed E-state index contributed by atoms with van der Waals surface area (Å²) < 4.78 is 22.5. The first-order chi connectivity index (χ1) is 8.97. The van der Waals surface area contributed by atoms with Gasteiger partial charge in [-0.15, -0.1) is 0 Å². The number of methoxy groups -OCH3 is 1. The SMILES string of the molecule is CCOC(=O)C(=O)/C=C(\O)c1cc(F)cc(OC)c1. The van der Waals surface area contributed by atoms with Crippen molar-refractivity contribution in [3.05, 3.63) is 35.7 Å².